The number of ether oxygens (including phenoxy) is 1. The van der Waals surface area contributed by atoms with Gasteiger partial charge in [0.15, 0.2) is 0 Å². The molecule has 0 aliphatic carbocycles. The van der Waals surface area contributed by atoms with Crippen molar-refractivity contribution in [1.29, 1.82) is 0 Å². The van der Waals surface area contributed by atoms with E-state index in [0.717, 1.165) is 19.1 Å². The zero-order valence-electron chi connectivity index (χ0n) is 12.2. The third kappa shape index (κ3) is 15.7. The predicted octanol–water partition coefficient (Wildman–Crippen LogP) is -0.0611. The molecule has 1 unspecified atom stereocenters. The summed E-state index contributed by atoms with van der Waals surface area (Å²) in [6, 6.07) is 0. The van der Waals surface area contributed by atoms with E-state index >= 15 is 0 Å². The standard InChI is InChI=1S/C12H28N2O4S/c1-11(2)5-4-8-18-10-12(15)9-13-6-7-14-19(3,16)17/h11-15H,4-10H2,1-3H3. The molecule has 0 saturated carbocycles. The molecule has 0 aromatic heterocycles. The van der Waals surface area contributed by atoms with Gasteiger partial charge in [-0.15, -0.1) is 0 Å². The van der Waals surface area contributed by atoms with Crippen LogP contribution in [0.3, 0.4) is 0 Å². The molecular weight excluding hydrogens is 268 g/mol. The molecule has 116 valence electrons. The van der Waals surface area contributed by atoms with E-state index in [1.165, 1.54) is 0 Å². The van der Waals surface area contributed by atoms with Crippen LogP contribution < -0.4 is 10.0 Å². The van der Waals surface area contributed by atoms with Crippen LogP contribution in [0.1, 0.15) is 26.7 Å². The van der Waals surface area contributed by atoms with Crippen LogP contribution >= 0.6 is 0 Å². The Kier molecular flexibility index (Phi) is 10.4. The normalized spacial score (nSPS) is 13.9. The molecule has 0 heterocycles. The van der Waals surface area contributed by atoms with Gasteiger partial charge in [-0.2, -0.15) is 0 Å². The number of nitrogens with one attached hydrogen (secondary N) is 2. The summed E-state index contributed by atoms with van der Waals surface area (Å²) < 4.78 is 29.3. The zero-order chi connectivity index (χ0) is 14.7. The van der Waals surface area contributed by atoms with Gasteiger partial charge in [0, 0.05) is 26.2 Å². The molecule has 6 nitrogen and oxygen atoms in total. The Bertz CT molecular complexity index is 307. The average molecular weight is 296 g/mol. The summed E-state index contributed by atoms with van der Waals surface area (Å²) in [5.41, 5.74) is 0. The Labute approximate surface area is 117 Å². The zero-order valence-corrected chi connectivity index (χ0v) is 13.0. The Morgan fingerprint density at radius 2 is 1.95 bits per heavy atom. The molecule has 1 atom stereocenters. The number of rotatable bonds is 12. The molecule has 0 amide bonds. The maximum Gasteiger partial charge on any atom is 0.208 e. The lowest BCUT2D eigenvalue weighted by Crippen LogP contribution is -2.36. The summed E-state index contributed by atoms with van der Waals surface area (Å²) in [6.07, 6.45) is 2.70. The van der Waals surface area contributed by atoms with Gasteiger partial charge in [-0.25, -0.2) is 13.1 Å². The second-order valence-corrected chi connectivity index (χ2v) is 6.97. The van der Waals surface area contributed by atoms with Gasteiger partial charge in [0.1, 0.15) is 0 Å². The molecule has 0 radical (unpaired) electrons. The van der Waals surface area contributed by atoms with Gasteiger partial charge in [-0.3, -0.25) is 0 Å². The van der Waals surface area contributed by atoms with Crippen molar-refractivity contribution in [3.63, 3.8) is 0 Å². The highest BCUT2D eigenvalue weighted by Crippen LogP contribution is 2.03. The molecule has 0 fully saturated rings. The van der Waals surface area contributed by atoms with Crippen molar-refractivity contribution in [3.8, 4) is 0 Å². The summed E-state index contributed by atoms with van der Waals surface area (Å²) in [4.78, 5) is 0. The minimum Gasteiger partial charge on any atom is -0.389 e. The first kappa shape index (κ1) is 18.8. The molecule has 0 aromatic carbocycles. The second-order valence-electron chi connectivity index (χ2n) is 5.14. The van der Waals surface area contributed by atoms with Crippen molar-refractivity contribution in [2.75, 3.05) is 39.1 Å². The highest BCUT2D eigenvalue weighted by molar-refractivity contribution is 7.88. The van der Waals surface area contributed by atoms with E-state index in [1.807, 2.05) is 0 Å². The van der Waals surface area contributed by atoms with Gasteiger partial charge < -0.3 is 15.2 Å². The van der Waals surface area contributed by atoms with E-state index in [2.05, 4.69) is 23.9 Å². The van der Waals surface area contributed by atoms with E-state index in [4.69, 9.17) is 4.74 Å². The molecule has 0 aromatic rings. The third-order valence-corrected chi connectivity index (χ3v) is 3.15. The highest BCUT2D eigenvalue weighted by atomic mass is 32.2. The molecular formula is C12H28N2O4S. The molecule has 0 rings (SSSR count). The number of hydrogen-bond acceptors (Lipinski definition) is 5. The fourth-order valence-electron chi connectivity index (χ4n) is 1.47. The average Bonchev–Trinajstić information content (AvgIpc) is 2.26. The molecule has 7 heteroatoms. The van der Waals surface area contributed by atoms with Gasteiger partial charge >= 0.3 is 0 Å². The fourth-order valence-corrected chi connectivity index (χ4v) is 1.94. The van der Waals surface area contributed by atoms with Crippen LogP contribution in [0.25, 0.3) is 0 Å². The van der Waals surface area contributed by atoms with Crippen molar-refractivity contribution >= 4 is 10.0 Å². The molecule has 0 spiro atoms. The summed E-state index contributed by atoms with van der Waals surface area (Å²) in [7, 11) is -3.13. The van der Waals surface area contributed by atoms with E-state index in [0.29, 0.717) is 38.8 Å². The maximum atomic E-state index is 10.8. The Morgan fingerprint density at radius 3 is 2.53 bits per heavy atom. The van der Waals surface area contributed by atoms with Crippen LogP contribution in [0.5, 0.6) is 0 Å². The first-order chi connectivity index (χ1) is 8.81. The lowest BCUT2D eigenvalue weighted by molar-refractivity contribution is 0.0350. The quantitative estimate of drug-likeness (QED) is 0.439. The maximum absolute atomic E-state index is 10.8. The summed E-state index contributed by atoms with van der Waals surface area (Å²) >= 11 is 0. The summed E-state index contributed by atoms with van der Waals surface area (Å²) in [5, 5.41) is 12.6. The van der Waals surface area contributed by atoms with Crippen molar-refractivity contribution in [2.45, 2.75) is 32.8 Å². The number of hydrogen-bond donors (Lipinski definition) is 3. The predicted molar refractivity (Wildman–Crippen MR) is 76.6 cm³/mol. The largest absolute Gasteiger partial charge is 0.389 e. The number of aliphatic hydroxyl groups excluding tert-OH is 1. The first-order valence-corrected chi connectivity index (χ1v) is 8.61. The van der Waals surface area contributed by atoms with Crippen LogP contribution in [0.2, 0.25) is 0 Å². The molecule has 0 bridgehead atoms. The smallest absolute Gasteiger partial charge is 0.208 e. The third-order valence-electron chi connectivity index (χ3n) is 2.43. The van der Waals surface area contributed by atoms with Crippen LogP contribution in [-0.2, 0) is 14.8 Å². The molecule has 3 N–H and O–H groups in total. The fraction of sp³-hybridized carbons (Fsp3) is 1.00. The van der Waals surface area contributed by atoms with E-state index in [1.54, 1.807) is 0 Å². The topological polar surface area (TPSA) is 87.7 Å². The van der Waals surface area contributed by atoms with Crippen LogP contribution in [0.4, 0.5) is 0 Å². The van der Waals surface area contributed by atoms with Gasteiger partial charge in [0.05, 0.1) is 19.0 Å². The molecule has 0 aliphatic rings. The Hall–Kier alpha value is -0.210. The minimum absolute atomic E-state index is 0.310. The van der Waals surface area contributed by atoms with Gasteiger partial charge in [-0.05, 0) is 18.8 Å². The van der Waals surface area contributed by atoms with Crippen molar-refractivity contribution in [2.24, 2.45) is 5.92 Å². The van der Waals surface area contributed by atoms with E-state index in [-0.39, 0.29) is 0 Å². The van der Waals surface area contributed by atoms with Crippen molar-refractivity contribution < 1.29 is 18.3 Å². The second kappa shape index (κ2) is 10.6. The minimum atomic E-state index is -3.13. The Balaban J connectivity index is 3.32. The highest BCUT2D eigenvalue weighted by Gasteiger charge is 2.04. The van der Waals surface area contributed by atoms with Gasteiger partial charge in [0.2, 0.25) is 10.0 Å². The van der Waals surface area contributed by atoms with Crippen LogP contribution in [0, 0.1) is 5.92 Å². The van der Waals surface area contributed by atoms with Gasteiger partial charge in [0.25, 0.3) is 0 Å². The van der Waals surface area contributed by atoms with Crippen molar-refractivity contribution in [3.05, 3.63) is 0 Å². The SMILES string of the molecule is CC(C)CCCOCC(O)CNCCNS(C)(=O)=O. The molecule has 0 saturated heterocycles. The number of aliphatic hydroxyl groups is 1. The summed E-state index contributed by atoms with van der Waals surface area (Å²) in [5.74, 6) is 0.678. The molecule has 19 heavy (non-hydrogen) atoms. The van der Waals surface area contributed by atoms with Gasteiger partial charge in [-0.1, -0.05) is 13.8 Å². The van der Waals surface area contributed by atoms with E-state index in [9.17, 15) is 13.5 Å². The number of sulfonamides is 1. The lowest BCUT2D eigenvalue weighted by atomic mass is 10.1. The first-order valence-electron chi connectivity index (χ1n) is 6.72. The molecule has 0 aliphatic heterocycles. The van der Waals surface area contributed by atoms with Crippen LogP contribution in [-0.4, -0.2) is 58.7 Å². The van der Waals surface area contributed by atoms with Crippen molar-refractivity contribution in [1.82, 2.24) is 10.0 Å². The Morgan fingerprint density at radius 1 is 1.26 bits per heavy atom. The van der Waals surface area contributed by atoms with E-state index < -0.39 is 16.1 Å². The monoisotopic (exact) mass is 296 g/mol. The summed E-state index contributed by atoms with van der Waals surface area (Å²) in [6.45, 7) is 6.52. The van der Waals surface area contributed by atoms with Crippen LogP contribution in [0.15, 0.2) is 0 Å². The lowest BCUT2D eigenvalue weighted by Gasteiger charge is -2.12.